The summed E-state index contributed by atoms with van der Waals surface area (Å²) >= 11 is 0. The Labute approximate surface area is 140 Å². The van der Waals surface area contributed by atoms with Crippen LogP contribution in [0.1, 0.15) is 44.6 Å². The molecule has 1 N–H and O–H groups in total. The van der Waals surface area contributed by atoms with Crippen molar-refractivity contribution in [1.29, 1.82) is 0 Å². The first-order valence-electron chi connectivity index (χ1n) is 8.89. The molecule has 0 amide bonds. The lowest BCUT2D eigenvalue weighted by Crippen LogP contribution is -2.03. The Bertz CT molecular complexity index is 539. The topological polar surface area (TPSA) is 21.3 Å². The van der Waals surface area contributed by atoms with Crippen molar-refractivity contribution >= 4 is 5.69 Å². The Hall–Kier alpha value is -1.96. The highest BCUT2D eigenvalue weighted by Gasteiger charge is 1.98. The van der Waals surface area contributed by atoms with Crippen molar-refractivity contribution in [2.75, 3.05) is 18.5 Å². The highest BCUT2D eigenvalue weighted by atomic mass is 16.5. The summed E-state index contributed by atoms with van der Waals surface area (Å²) in [6.07, 6.45) is 7.21. The predicted molar refractivity (Wildman–Crippen MR) is 99.3 cm³/mol. The first kappa shape index (κ1) is 17.4. The van der Waals surface area contributed by atoms with Gasteiger partial charge >= 0.3 is 0 Å². The predicted octanol–water partition coefficient (Wildman–Crippen LogP) is 5.69. The molecule has 0 fully saturated rings. The molecule has 23 heavy (non-hydrogen) atoms. The molecule has 0 heterocycles. The van der Waals surface area contributed by atoms with Gasteiger partial charge in [-0.3, -0.25) is 0 Å². The summed E-state index contributed by atoms with van der Waals surface area (Å²) in [5.74, 6) is 0.967. The summed E-state index contributed by atoms with van der Waals surface area (Å²) in [6.45, 7) is 4.03. The third-order valence-electron chi connectivity index (χ3n) is 3.91. The smallest absolute Gasteiger partial charge is 0.121 e. The molecule has 2 aromatic rings. The summed E-state index contributed by atoms with van der Waals surface area (Å²) in [5.41, 5.74) is 2.54. The first-order valence-corrected chi connectivity index (χ1v) is 8.89. The zero-order valence-corrected chi connectivity index (χ0v) is 14.3. The number of unbranched alkanes of at least 4 members (excludes halogenated alkanes) is 3. The molecule has 2 nitrogen and oxygen atoms in total. The summed E-state index contributed by atoms with van der Waals surface area (Å²) in [7, 11) is 0. The van der Waals surface area contributed by atoms with Crippen molar-refractivity contribution in [1.82, 2.24) is 0 Å². The molecule has 124 valence electrons. The SMILES string of the molecule is CCCCCCOc1cccc(NCCCc2ccccc2)c1. The molecule has 0 saturated carbocycles. The second kappa shape index (κ2) is 10.7. The van der Waals surface area contributed by atoms with Crippen LogP contribution in [0.25, 0.3) is 0 Å². The second-order valence-electron chi connectivity index (χ2n) is 5.95. The van der Waals surface area contributed by atoms with Crippen LogP contribution in [0, 0.1) is 0 Å². The monoisotopic (exact) mass is 311 g/mol. The molecule has 0 aliphatic rings. The zero-order valence-electron chi connectivity index (χ0n) is 14.3. The fraction of sp³-hybridized carbons (Fsp3) is 0.429. The van der Waals surface area contributed by atoms with E-state index in [1.165, 1.54) is 24.8 Å². The molecule has 0 unspecified atom stereocenters. The molecular weight excluding hydrogens is 282 g/mol. The molecule has 0 aliphatic heterocycles. The van der Waals surface area contributed by atoms with Crippen molar-refractivity contribution in [3.63, 3.8) is 0 Å². The number of nitrogens with one attached hydrogen (secondary N) is 1. The third kappa shape index (κ3) is 7.23. The van der Waals surface area contributed by atoms with E-state index in [1.54, 1.807) is 0 Å². The van der Waals surface area contributed by atoms with Crippen molar-refractivity contribution in [3.05, 3.63) is 60.2 Å². The Morgan fingerprint density at radius 2 is 1.74 bits per heavy atom. The molecule has 0 atom stereocenters. The number of benzene rings is 2. The second-order valence-corrected chi connectivity index (χ2v) is 5.95. The van der Waals surface area contributed by atoms with Crippen LogP contribution in [0.15, 0.2) is 54.6 Å². The van der Waals surface area contributed by atoms with Crippen molar-refractivity contribution in [2.24, 2.45) is 0 Å². The van der Waals surface area contributed by atoms with Gasteiger partial charge < -0.3 is 10.1 Å². The van der Waals surface area contributed by atoms with Gasteiger partial charge in [0.05, 0.1) is 6.61 Å². The molecular formula is C21H29NO. The Morgan fingerprint density at radius 3 is 2.57 bits per heavy atom. The Kier molecular flexibility index (Phi) is 8.10. The fourth-order valence-electron chi connectivity index (χ4n) is 2.58. The van der Waals surface area contributed by atoms with E-state index in [1.807, 2.05) is 6.07 Å². The summed E-state index contributed by atoms with van der Waals surface area (Å²) in [5, 5.41) is 3.49. The van der Waals surface area contributed by atoms with Gasteiger partial charge in [0, 0.05) is 18.3 Å². The minimum Gasteiger partial charge on any atom is -0.494 e. The van der Waals surface area contributed by atoms with Gasteiger partial charge in [-0.15, -0.1) is 0 Å². The van der Waals surface area contributed by atoms with Gasteiger partial charge in [-0.05, 0) is 37.0 Å². The number of rotatable bonds is 11. The maximum Gasteiger partial charge on any atom is 0.121 e. The lowest BCUT2D eigenvalue weighted by Gasteiger charge is -2.10. The van der Waals surface area contributed by atoms with Crippen LogP contribution < -0.4 is 10.1 Å². The third-order valence-corrected chi connectivity index (χ3v) is 3.91. The lowest BCUT2D eigenvalue weighted by atomic mass is 10.1. The van der Waals surface area contributed by atoms with Crippen LogP contribution >= 0.6 is 0 Å². The van der Waals surface area contributed by atoms with Crippen molar-refractivity contribution in [2.45, 2.75) is 45.4 Å². The van der Waals surface area contributed by atoms with Gasteiger partial charge in [0.2, 0.25) is 0 Å². The number of hydrogen-bond acceptors (Lipinski definition) is 2. The van der Waals surface area contributed by atoms with Gasteiger partial charge in [0.15, 0.2) is 0 Å². The van der Waals surface area contributed by atoms with Crippen molar-refractivity contribution in [3.8, 4) is 5.75 Å². The average Bonchev–Trinajstić information content (AvgIpc) is 2.60. The van der Waals surface area contributed by atoms with Gasteiger partial charge in [-0.1, -0.05) is 62.6 Å². The summed E-state index contributed by atoms with van der Waals surface area (Å²) in [4.78, 5) is 0. The van der Waals surface area contributed by atoms with Crippen molar-refractivity contribution < 1.29 is 4.74 Å². The quantitative estimate of drug-likeness (QED) is 0.538. The lowest BCUT2D eigenvalue weighted by molar-refractivity contribution is 0.305. The standard InChI is InChI=1S/C21H29NO/c1-2-3-4-8-17-23-21-15-9-14-20(18-21)22-16-10-13-19-11-6-5-7-12-19/h5-7,9,11-12,14-15,18,22H,2-4,8,10,13,16-17H2,1H3. The van der Waals surface area contributed by atoms with E-state index in [4.69, 9.17) is 4.74 Å². The Balaban J connectivity index is 1.66. The van der Waals surface area contributed by atoms with Crippen LogP contribution in [0.3, 0.4) is 0 Å². The molecule has 2 rings (SSSR count). The van der Waals surface area contributed by atoms with E-state index < -0.39 is 0 Å². The molecule has 0 aliphatic carbocycles. The number of aryl methyl sites for hydroxylation is 1. The van der Waals surface area contributed by atoms with E-state index in [9.17, 15) is 0 Å². The number of ether oxygens (including phenoxy) is 1. The molecule has 0 spiro atoms. The number of hydrogen-bond donors (Lipinski definition) is 1. The van der Waals surface area contributed by atoms with Gasteiger partial charge in [0.25, 0.3) is 0 Å². The van der Waals surface area contributed by atoms with E-state index >= 15 is 0 Å². The maximum absolute atomic E-state index is 5.83. The molecule has 0 radical (unpaired) electrons. The van der Waals surface area contributed by atoms with E-state index in [0.29, 0.717) is 0 Å². The average molecular weight is 311 g/mol. The van der Waals surface area contributed by atoms with Crippen LogP contribution in [0.4, 0.5) is 5.69 Å². The molecule has 2 heteroatoms. The number of anilines is 1. The first-order chi connectivity index (χ1) is 11.4. The summed E-state index contributed by atoms with van der Waals surface area (Å²) < 4.78 is 5.83. The molecule has 2 aromatic carbocycles. The molecule has 0 bridgehead atoms. The van der Waals surface area contributed by atoms with E-state index in [0.717, 1.165) is 43.9 Å². The summed E-state index contributed by atoms with van der Waals surface area (Å²) in [6, 6.07) is 18.9. The van der Waals surface area contributed by atoms with E-state index in [-0.39, 0.29) is 0 Å². The Morgan fingerprint density at radius 1 is 0.870 bits per heavy atom. The van der Waals surface area contributed by atoms with E-state index in [2.05, 4.69) is 60.8 Å². The maximum atomic E-state index is 5.83. The van der Waals surface area contributed by atoms with Gasteiger partial charge in [-0.2, -0.15) is 0 Å². The van der Waals surface area contributed by atoms with Gasteiger partial charge in [0.1, 0.15) is 5.75 Å². The van der Waals surface area contributed by atoms with Crippen LogP contribution in [-0.4, -0.2) is 13.2 Å². The van der Waals surface area contributed by atoms with Crippen LogP contribution in [0.2, 0.25) is 0 Å². The molecule has 0 aromatic heterocycles. The highest BCUT2D eigenvalue weighted by Crippen LogP contribution is 2.18. The highest BCUT2D eigenvalue weighted by molar-refractivity contribution is 5.48. The molecule has 0 saturated heterocycles. The zero-order chi connectivity index (χ0) is 16.2. The van der Waals surface area contributed by atoms with Crippen LogP contribution in [-0.2, 0) is 6.42 Å². The normalized spacial score (nSPS) is 10.5. The van der Waals surface area contributed by atoms with Crippen LogP contribution in [0.5, 0.6) is 5.75 Å². The largest absolute Gasteiger partial charge is 0.494 e. The fourth-order valence-corrected chi connectivity index (χ4v) is 2.58. The minimum atomic E-state index is 0.817. The van der Waals surface area contributed by atoms with Gasteiger partial charge in [-0.25, -0.2) is 0 Å². The minimum absolute atomic E-state index is 0.817.